The van der Waals surface area contributed by atoms with E-state index in [4.69, 9.17) is 5.73 Å². The van der Waals surface area contributed by atoms with Crippen molar-refractivity contribution in [2.24, 2.45) is 0 Å². The Bertz CT molecular complexity index is 420. The lowest BCUT2D eigenvalue weighted by Crippen LogP contribution is -2.38. The minimum absolute atomic E-state index is 0.455. The second kappa shape index (κ2) is 6.19. The predicted octanol–water partition coefficient (Wildman–Crippen LogP) is 1.54. The second-order valence-corrected chi connectivity index (χ2v) is 5.48. The molecular formula is C14H25N5. The molecule has 0 radical (unpaired) electrons. The molecule has 1 aliphatic heterocycles. The zero-order valence-electron chi connectivity index (χ0n) is 12.3. The van der Waals surface area contributed by atoms with Gasteiger partial charge in [-0.25, -0.2) is 9.97 Å². The van der Waals surface area contributed by atoms with Gasteiger partial charge < -0.3 is 15.5 Å². The quantitative estimate of drug-likeness (QED) is 0.896. The maximum absolute atomic E-state index is 5.92. The molecule has 0 aliphatic carbocycles. The predicted molar refractivity (Wildman–Crippen MR) is 79.4 cm³/mol. The molecule has 1 atom stereocenters. The molecule has 0 bridgehead atoms. The number of nitrogens with two attached hydrogens (primary N) is 1. The molecule has 5 nitrogen and oxygen atoms in total. The standard InChI is InChI=1S/C14H25N5/c1-4-6-13-16-12(15)9-14(17-13)19-8-5-7-18(3)10-11(19)2/h9,11H,4-8,10H2,1-3H3,(H2,15,16,17). The van der Waals surface area contributed by atoms with Crippen molar-refractivity contribution in [1.29, 1.82) is 0 Å². The minimum atomic E-state index is 0.455. The van der Waals surface area contributed by atoms with Gasteiger partial charge in [-0.05, 0) is 33.4 Å². The molecule has 1 aromatic rings. The first-order valence-electron chi connectivity index (χ1n) is 7.18. The average molecular weight is 263 g/mol. The zero-order valence-corrected chi connectivity index (χ0v) is 12.3. The van der Waals surface area contributed by atoms with Gasteiger partial charge in [0.15, 0.2) is 0 Å². The van der Waals surface area contributed by atoms with E-state index in [9.17, 15) is 0 Å². The highest BCUT2D eigenvalue weighted by atomic mass is 15.3. The van der Waals surface area contributed by atoms with Gasteiger partial charge in [0.2, 0.25) is 0 Å². The van der Waals surface area contributed by atoms with Gasteiger partial charge in [-0.3, -0.25) is 0 Å². The van der Waals surface area contributed by atoms with Gasteiger partial charge in [0.05, 0.1) is 0 Å². The lowest BCUT2D eigenvalue weighted by Gasteiger charge is -2.29. The number of nitrogen functional groups attached to an aromatic ring is 1. The second-order valence-electron chi connectivity index (χ2n) is 5.48. The molecule has 0 spiro atoms. The molecule has 1 fully saturated rings. The number of aryl methyl sites for hydroxylation is 1. The first kappa shape index (κ1) is 14.1. The molecule has 0 aromatic carbocycles. The van der Waals surface area contributed by atoms with Crippen molar-refractivity contribution in [1.82, 2.24) is 14.9 Å². The minimum Gasteiger partial charge on any atom is -0.384 e. The number of anilines is 2. The van der Waals surface area contributed by atoms with Crippen molar-refractivity contribution in [3.63, 3.8) is 0 Å². The summed E-state index contributed by atoms with van der Waals surface area (Å²) < 4.78 is 0. The van der Waals surface area contributed by atoms with Crippen LogP contribution in [0.25, 0.3) is 0 Å². The molecule has 2 heterocycles. The zero-order chi connectivity index (χ0) is 13.8. The number of hydrogen-bond acceptors (Lipinski definition) is 5. The van der Waals surface area contributed by atoms with Gasteiger partial charge in [-0.1, -0.05) is 6.92 Å². The van der Waals surface area contributed by atoms with Crippen LogP contribution in [0.5, 0.6) is 0 Å². The largest absolute Gasteiger partial charge is 0.384 e. The van der Waals surface area contributed by atoms with E-state index < -0.39 is 0 Å². The Morgan fingerprint density at radius 1 is 1.37 bits per heavy atom. The highest BCUT2D eigenvalue weighted by Gasteiger charge is 2.21. The van der Waals surface area contributed by atoms with Gasteiger partial charge in [-0.15, -0.1) is 0 Å². The maximum atomic E-state index is 5.92. The monoisotopic (exact) mass is 263 g/mol. The van der Waals surface area contributed by atoms with Crippen LogP contribution < -0.4 is 10.6 Å². The highest BCUT2D eigenvalue weighted by Crippen LogP contribution is 2.20. The third-order valence-corrected chi connectivity index (χ3v) is 3.59. The van der Waals surface area contributed by atoms with Crippen molar-refractivity contribution in [2.75, 3.05) is 37.3 Å². The Kier molecular flexibility index (Phi) is 4.58. The van der Waals surface area contributed by atoms with Crippen molar-refractivity contribution < 1.29 is 0 Å². The summed E-state index contributed by atoms with van der Waals surface area (Å²) in [6.45, 7) is 7.62. The molecule has 0 amide bonds. The maximum Gasteiger partial charge on any atom is 0.134 e. The third kappa shape index (κ3) is 3.56. The van der Waals surface area contributed by atoms with Crippen LogP contribution >= 0.6 is 0 Å². The fourth-order valence-electron chi connectivity index (χ4n) is 2.70. The van der Waals surface area contributed by atoms with E-state index in [1.807, 2.05) is 6.07 Å². The summed E-state index contributed by atoms with van der Waals surface area (Å²) in [6, 6.07) is 2.36. The number of nitrogens with zero attached hydrogens (tertiary/aromatic N) is 4. The Labute approximate surface area is 115 Å². The lowest BCUT2D eigenvalue weighted by atomic mass is 10.2. The van der Waals surface area contributed by atoms with Gasteiger partial charge in [-0.2, -0.15) is 0 Å². The Morgan fingerprint density at radius 3 is 2.89 bits per heavy atom. The molecule has 1 unspecified atom stereocenters. The molecule has 0 saturated carbocycles. The van der Waals surface area contributed by atoms with Crippen LogP contribution in [0.2, 0.25) is 0 Å². The summed E-state index contributed by atoms with van der Waals surface area (Å²) in [5, 5.41) is 0. The molecule has 1 saturated heterocycles. The molecule has 19 heavy (non-hydrogen) atoms. The lowest BCUT2D eigenvalue weighted by molar-refractivity contribution is 0.337. The highest BCUT2D eigenvalue weighted by molar-refractivity contribution is 5.48. The molecule has 106 valence electrons. The van der Waals surface area contributed by atoms with Gasteiger partial charge in [0, 0.05) is 31.6 Å². The van der Waals surface area contributed by atoms with E-state index in [2.05, 4.69) is 40.7 Å². The Hall–Kier alpha value is -1.36. The first-order chi connectivity index (χ1) is 9.10. The van der Waals surface area contributed by atoms with Crippen molar-refractivity contribution in [3.8, 4) is 0 Å². The molecule has 1 aliphatic rings. The van der Waals surface area contributed by atoms with Crippen LogP contribution in [0.3, 0.4) is 0 Å². The smallest absolute Gasteiger partial charge is 0.134 e. The Morgan fingerprint density at radius 2 is 2.16 bits per heavy atom. The van der Waals surface area contributed by atoms with Crippen LogP contribution in [-0.2, 0) is 6.42 Å². The topological polar surface area (TPSA) is 58.3 Å². The van der Waals surface area contributed by atoms with Crippen LogP contribution in [0.4, 0.5) is 11.6 Å². The number of hydrogen-bond donors (Lipinski definition) is 1. The van der Waals surface area contributed by atoms with Crippen LogP contribution in [0.1, 0.15) is 32.5 Å². The van der Waals surface area contributed by atoms with Crippen molar-refractivity contribution in [3.05, 3.63) is 11.9 Å². The van der Waals surface area contributed by atoms with E-state index in [0.717, 1.165) is 50.5 Å². The first-order valence-corrected chi connectivity index (χ1v) is 7.18. The summed E-state index contributed by atoms with van der Waals surface area (Å²) in [4.78, 5) is 13.7. The van der Waals surface area contributed by atoms with E-state index in [-0.39, 0.29) is 0 Å². The summed E-state index contributed by atoms with van der Waals surface area (Å²) in [6.07, 6.45) is 3.09. The fourth-order valence-corrected chi connectivity index (χ4v) is 2.70. The molecule has 2 N–H and O–H groups in total. The van der Waals surface area contributed by atoms with E-state index in [1.54, 1.807) is 0 Å². The van der Waals surface area contributed by atoms with Crippen LogP contribution in [0.15, 0.2) is 6.07 Å². The van der Waals surface area contributed by atoms with Crippen molar-refractivity contribution in [2.45, 2.75) is 39.2 Å². The van der Waals surface area contributed by atoms with Crippen LogP contribution in [-0.4, -0.2) is 47.6 Å². The summed E-state index contributed by atoms with van der Waals surface area (Å²) in [5.74, 6) is 2.43. The van der Waals surface area contributed by atoms with Crippen LogP contribution in [0, 0.1) is 0 Å². The summed E-state index contributed by atoms with van der Waals surface area (Å²) in [5.41, 5.74) is 5.92. The number of aromatic nitrogens is 2. The van der Waals surface area contributed by atoms with Gasteiger partial charge in [0.25, 0.3) is 0 Å². The summed E-state index contributed by atoms with van der Waals surface area (Å²) in [7, 11) is 2.18. The Balaban J connectivity index is 2.24. The molecule has 5 heteroatoms. The van der Waals surface area contributed by atoms with E-state index in [0.29, 0.717) is 11.9 Å². The fraction of sp³-hybridized carbons (Fsp3) is 0.714. The molecular weight excluding hydrogens is 238 g/mol. The van der Waals surface area contributed by atoms with Gasteiger partial charge in [0.1, 0.15) is 17.5 Å². The average Bonchev–Trinajstić information content (AvgIpc) is 2.49. The van der Waals surface area contributed by atoms with E-state index >= 15 is 0 Å². The van der Waals surface area contributed by atoms with E-state index in [1.165, 1.54) is 0 Å². The summed E-state index contributed by atoms with van der Waals surface area (Å²) >= 11 is 0. The SMILES string of the molecule is CCCc1nc(N)cc(N2CCCN(C)CC2C)n1. The number of rotatable bonds is 3. The molecule has 2 rings (SSSR count). The van der Waals surface area contributed by atoms with Crippen molar-refractivity contribution >= 4 is 11.6 Å². The third-order valence-electron chi connectivity index (χ3n) is 3.59. The normalized spacial score (nSPS) is 21.4. The van der Waals surface area contributed by atoms with Gasteiger partial charge >= 0.3 is 0 Å². The number of likely N-dealkylation sites (N-methyl/N-ethyl adjacent to an activating group) is 1. The molecule has 1 aromatic heterocycles.